The van der Waals surface area contributed by atoms with E-state index in [4.69, 9.17) is 4.42 Å². The molecule has 4 heteroatoms. The first-order valence-corrected chi connectivity index (χ1v) is 4.96. The third-order valence-corrected chi connectivity index (χ3v) is 2.53. The Morgan fingerprint density at radius 3 is 2.86 bits per heavy atom. The van der Waals surface area contributed by atoms with Crippen LogP contribution < -0.4 is 4.90 Å². The van der Waals surface area contributed by atoms with Gasteiger partial charge in [-0.3, -0.25) is 0 Å². The van der Waals surface area contributed by atoms with Crippen LogP contribution in [0.1, 0.15) is 24.3 Å². The number of aldehydes is 1. The second-order valence-corrected chi connectivity index (χ2v) is 3.57. The number of anilines is 1. The Hall–Kier alpha value is -1.32. The topological polar surface area (TPSA) is 46.3 Å². The molecule has 76 valence electrons. The molecule has 1 fully saturated rings. The van der Waals surface area contributed by atoms with E-state index >= 15 is 0 Å². The number of rotatable bonds is 3. The van der Waals surface area contributed by atoms with Crippen molar-refractivity contribution in [2.24, 2.45) is 0 Å². The highest BCUT2D eigenvalue weighted by Gasteiger charge is 2.18. The smallest absolute Gasteiger partial charge is 0.297 e. The van der Waals surface area contributed by atoms with Gasteiger partial charge in [-0.25, -0.2) is 0 Å². The lowest BCUT2D eigenvalue weighted by Gasteiger charge is -2.10. The van der Waals surface area contributed by atoms with Crippen LogP contribution in [0, 0.1) is 6.92 Å². The zero-order valence-corrected chi connectivity index (χ0v) is 8.32. The lowest BCUT2D eigenvalue weighted by molar-refractivity contribution is -0.107. The second-order valence-electron chi connectivity index (χ2n) is 3.57. The van der Waals surface area contributed by atoms with Crippen LogP contribution in [-0.4, -0.2) is 24.4 Å². The second kappa shape index (κ2) is 3.82. The quantitative estimate of drug-likeness (QED) is 0.681. The number of oxazole rings is 1. The van der Waals surface area contributed by atoms with Crippen LogP contribution >= 0.6 is 0 Å². The summed E-state index contributed by atoms with van der Waals surface area (Å²) >= 11 is 0. The van der Waals surface area contributed by atoms with Crippen molar-refractivity contribution >= 4 is 12.3 Å². The Bertz CT molecular complexity index is 327. The number of hydrogen-bond acceptors (Lipinski definition) is 4. The highest BCUT2D eigenvalue weighted by molar-refractivity contribution is 5.54. The van der Waals surface area contributed by atoms with Crippen molar-refractivity contribution in [3.8, 4) is 0 Å². The fourth-order valence-electron chi connectivity index (χ4n) is 1.72. The highest BCUT2D eigenvalue weighted by Crippen LogP contribution is 2.22. The predicted molar refractivity (Wildman–Crippen MR) is 52.5 cm³/mol. The van der Waals surface area contributed by atoms with Crippen molar-refractivity contribution in [3.05, 3.63) is 11.5 Å². The van der Waals surface area contributed by atoms with Crippen molar-refractivity contribution in [2.75, 3.05) is 18.0 Å². The lowest BCUT2D eigenvalue weighted by atomic mass is 10.3. The molecule has 0 saturated carbocycles. The maximum Gasteiger partial charge on any atom is 0.297 e. The van der Waals surface area contributed by atoms with E-state index in [1.165, 1.54) is 12.8 Å². The molecule has 0 N–H and O–H groups in total. The van der Waals surface area contributed by atoms with Gasteiger partial charge in [-0.15, -0.1) is 0 Å². The average Bonchev–Trinajstić information content (AvgIpc) is 2.76. The van der Waals surface area contributed by atoms with Gasteiger partial charge in [0.05, 0.1) is 12.1 Å². The maximum atomic E-state index is 10.4. The zero-order valence-electron chi connectivity index (χ0n) is 8.32. The van der Waals surface area contributed by atoms with Gasteiger partial charge >= 0.3 is 0 Å². The summed E-state index contributed by atoms with van der Waals surface area (Å²) in [6, 6.07) is 0.678. The Morgan fingerprint density at radius 2 is 2.21 bits per heavy atom. The monoisotopic (exact) mass is 194 g/mol. The molecular formula is C10H14N2O2. The first-order valence-electron chi connectivity index (χ1n) is 4.96. The predicted octanol–water partition coefficient (Wildman–Crippen LogP) is 1.32. The molecular weight excluding hydrogens is 180 g/mol. The number of carbonyl (C=O) groups excluding carboxylic acids is 1. The lowest BCUT2D eigenvalue weighted by Crippen LogP contribution is -2.17. The summed E-state index contributed by atoms with van der Waals surface area (Å²) in [5, 5.41) is 0. The van der Waals surface area contributed by atoms with Crippen LogP contribution in [0.25, 0.3) is 0 Å². The van der Waals surface area contributed by atoms with Crippen LogP contribution in [0.15, 0.2) is 4.42 Å². The van der Waals surface area contributed by atoms with Crippen LogP contribution in [0.3, 0.4) is 0 Å². The highest BCUT2D eigenvalue weighted by atomic mass is 16.4. The molecule has 0 unspecified atom stereocenters. The van der Waals surface area contributed by atoms with Gasteiger partial charge in [0.1, 0.15) is 12.0 Å². The van der Waals surface area contributed by atoms with Gasteiger partial charge in [0.25, 0.3) is 6.01 Å². The van der Waals surface area contributed by atoms with Crippen molar-refractivity contribution < 1.29 is 9.21 Å². The molecule has 0 spiro atoms. The first-order chi connectivity index (χ1) is 6.81. The van der Waals surface area contributed by atoms with Crippen molar-refractivity contribution in [1.82, 2.24) is 4.98 Å². The summed E-state index contributed by atoms with van der Waals surface area (Å²) in [4.78, 5) is 16.8. The summed E-state index contributed by atoms with van der Waals surface area (Å²) in [6.07, 6.45) is 3.57. The van der Waals surface area contributed by atoms with E-state index < -0.39 is 0 Å². The third-order valence-electron chi connectivity index (χ3n) is 2.53. The minimum Gasteiger partial charge on any atom is -0.428 e. The van der Waals surface area contributed by atoms with Gasteiger partial charge in [-0.1, -0.05) is 0 Å². The Labute approximate surface area is 82.9 Å². The molecule has 2 rings (SSSR count). The minimum atomic E-state index is 0.326. The summed E-state index contributed by atoms with van der Waals surface area (Å²) in [6.45, 7) is 3.91. The normalized spacial score (nSPS) is 16.2. The van der Waals surface area contributed by atoms with Gasteiger partial charge in [-0.2, -0.15) is 4.98 Å². The maximum absolute atomic E-state index is 10.4. The summed E-state index contributed by atoms with van der Waals surface area (Å²) < 4.78 is 5.52. The molecule has 1 aromatic heterocycles. The summed E-state index contributed by atoms with van der Waals surface area (Å²) in [7, 11) is 0. The number of aryl methyl sites for hydroxylation is 1. The summed E-state index contributed by atoms with van der Waals surface area (Å²) in [5.41, 5.74) is 0.832. The molecule has 4 nitrogen and oxygen atoms in total. The number of carbonyl (C=O) groups is 1. The Morgan fingerprint density at radius 1 is 1.50 bits per heavy atom. The van der Waals surface area contributed by atoms with Gasteiger partial charge in [0.15, 0.2) is 0 Å². The van der Waals surface area contributed by atoms with E-state index in [9.17, 15) is 4.79 Å². The number of hydrogen-bond donors (Lipinski definition) is 0. The largest absolute Gasteiger partial charge is 0.428 e. The molecule has 1 saturated heterocycles. The zero-order chi connectivity index (χ0) is 9.97. The molecule has 2 heterocycles. The number of aromatic nitrogens is 1. The molecule has 0 aliphatic carbocycles. The molecule has 1 aliphatic rings. The van der Waals surface area contributed by atoms with E-state index in [0.29, 0.717) is 18.2 Å². The standard InChI is InChI=1S/C10H14N2O2/c1-8-9(4-7-13)14-10(11-8)12-5-2-3-6-12/h7H,2-6H2,1H3. The van der Waals surface area contributed by atoms with E-state index in [1.54, 1.807) is 0 Å². The summed E-state index contributed by atoms with van der Waals surface area (Å²) in [5.74, 6) is 0.696. The number of nitrogens with zero attached hydrogens (tertiary/aromatic N) is 2. The molecule has 14 heavy (non-hydrogen) atoms. The van der Waals surface area contributed by atoms with Crippen molar-refractivity contribution in [1.29, 1.82) is 0 Å². The van der Waals surface area contributed by atoms with Gasteiger partial charge in [0.2, 0.25) is 0 Å². The van der Waals surface area contributed by atoms with Crippen LogP contribution in [0.2, 0.25) is 0 Å². The first kappa shape index (κ1) is 9.24. The molecule has 0 bridgehead atoms. The van der Waals surface area contributed by atoms with Gasteiger partial charge in [0, 0.05) is 13.1 Å². The average molecular weight is 194 g/mol. The third kappa shape index (κ3) is 1.64. The van der Waals surface area contributed by atoms with Crippen LogP contribution in [0.5, 0.6) is 0 Å². The Kier molecular flexibility index (Phi) is 2.52. The van der Waals surface area contributed by atoms with Crippen LogP contribution in [-0.2, 0) is 11.2 Å². The van der Waals surface area contributed by atoms with Crippen molar-refractivity contribution in [3.63, 3.8) is 0 Å². The van der Waals surface area contributed by atoms with Gasteiger partial charge < -0.3 is 14.1 Å². The van der Waals surface area contributed by atoms with Crippen molar-refractivity contribution in [2.45, 2.75) is 26.2 Å². The fourth-order valence-corrected chi connectivity index (χ4v) is 1.72. The minimum absolute atomic E-state index is 0.326. The molecule has 0 radical (unpaired) electrons. The van der Waals surface area contributed by atoms with E-state index in [1.807, 2.05) is 6.92 Å². The van der Waals surface area contributed by atoms with E-state index in [0.717, 1.165) is 25.1 Å². The molecule has 0 atom stereocenters. The molecule has 0 aromatic carbocycles. The Balaban J connectivity index is 2.17. The molecule has 0 amide bonds. The molecule has 1 aliphatic heterocycles. The van der Waals surface area contributed by atoms with Crippen LogP contribution in [0.4, 0.5) is 6.01 Å². The fraction of sp³-hybridized carbons (Fsp3) is 0.600. The SMILES string of the molecule is Cc1nc(N2CCCC2)oc1CC=O. The van der Waals surface area contributed by atoms with E-state index in [2.05, 4.69) is 9.88 Å². The molecule has 1 aromatic rings. The van der Waals surface area contributed by atoms with Gasteiger partial charge in [-0.05, 0) is 19.8 Å². The van der Waals surface area contributed by atoms with E-state index in [-0.39, 0.29) is 0 Å².